The molecule has 1 aliphatic heterocycles. The van der Waals surface area contributed by atoms with Crippen molar-refractivity contribution in [3.63, 3.8) is 0 Å². The lowest BCUT2D eigenvalue weighted by atomic mass is 9.95. The van der Waals surface area contributed by atoms with Crippen LogP contribution < -0.4 is 4.74 Å². The number of aryl methyl sites for hydroxylation is 2. The van der Waals surface area contributed by atoms with Gasteiger partial charge in [-0.1, -0.05) is 29.8 Å². The predicted octanol–water partition coefficient (Wildman–Crippen LogP) is 5.16. The second-order valence-electron chi connectivity index (χ2n) is 8.54. The molecule has 0 saturated heterocycles. The van der Waals surface area contributed by atoms with E-state index in [4.69, 9.17) is 21.4 Å². The van der Waals surface area contributed by atoms with Crippen molar-refractivity contribution < 1.29 is 19.4 Å². The summed E-state index contributed by atoms with van der Waals surface area (Å²) in [4.78, 5) is 35.5. The summed E-state index contributed by atoms with van der Waals surface area (Å²) in [6.07, 6.45) is 1.63. The van der Waals surface area contributed by atoms with Gasteiger partial charge in [0, 0.05) is 46.6 Å². The van der Waals surface area contributed by atoms with Crippen molar-refractivity contribution in [1.29, 1.82) is 0 Å². The Balaban J connectivity index is 1.47. The van der Waals surface area contributed by atoms with Gasteiger partial charge in [-0.2, -0.15) is 0 Å². The van der Waals surface area contributed by atoms with Crippen LogP contribution in [-0.2, 0) is 22.4 Å². The van der Waals surface area contributed by atoms with E-state index in [2.05, 4.69) is 16.0 Å². The second kappa shape index (κ2) is 9.71. The molecule has 2 aromatic heterocycles. The topological polar surface area (TPSA) is 95.5 Å². The maximum absolute atomic E-state index is 13.7. The van der Waals surface area contributed by atoms with E-state index in [9.17, 15) is 9.59 Å². The van der Waals surface area contributed by atoms with Gasteiger partial charge in [0.05, 0.1) is 22.1 Å². The van der Waals surface area contributed by atoms with Crippen molar-refractivity contribution in [2.75, 3.05) is 13.2 Å². The number of nitrogens with one attached hydrogen (secondary N) is 1. The monoisotopic (exact) mass is 509 g/mol. The number of hydrogen-bond acceptors (Lipinski definition) is 5. The molecule has 5 rings (SSSR count). The number of rotatable bonds is 7. The Morgan fingerprint density at radius 3 is 2.94 bits per heavy atom. The van der Waals surface area contributed by atoms with Gasteiger partial charge in [0.1, 0.15) is 5.75 Å². The zero-order valence-corrected chi connectivity index (χ0v) is 20.7. The number of thiazole rings is 1. The Kier molecular flexibility index (Phi) is 6.49. The lowest BCUT2D eigenvalue weighted by Gasteiger charge is -2.36. The minimum Gasteiger partial charge on any atom is -0.482 e. The van der Waals surface area contributed by atoms with Crippen LogP contribution in [0.5, 0.6) is 5.75 Å². The molecule has 1 aliphatic rings. The highest BCUT2D eigenvalue weighted by atomic mass is 35.5. The molecule has 0 saturated carbocycles. The first-order chi connectivity index (χ1) is 16.9. The molecule has 1 amide bonds. The molecular formula is C26H24ClN3O4S. The molecule has 35 heavy (non-hydrogen) atoms. The third-order valence-corrected chi connectivity index (χ3v) is 7.53. The number of H-pyrrole nitrogens is 1. The van der Waals surface area contributed by atoms with Crippen molar-refractivity contribution in [1.82, 2.24) is 14.9 Å². The first-order valence-electron chi connectivity index (χ1n) is 11.3. The van der Waals surface area contributed by atoms with E-state index in [1.54, 1.807) is 23.7 Å². The molecular weight excluding hydrogens is 486 g/mol. The summed E-state index contributed by atoms with van der Waals surface area (Å²) in [6.45, 7) is 2.06. The van der Waals surface area contributed by atoms with Crippen molar-refractivity contribution in [2.24, 2.45) is 0 Å². The minimum absolute atomic E-state index is 0.0166. The van der Waals surface area contributed by atoms with Crippen molar-refractivity contribution in [3.8, 4) is 5.75 Å². The Morgan fingerprint density at radius 2 is 2.11 bits per heavy atom. The molecule has 3 heterocycles. The third-order valence-electron chi connectivity index (χ3n) is 6.38. The van der Waals surface area contributed by atoms with Crippen LogP contribution in [0, 0.1) is 6.92 Å². The number of carboxylic acids is 1. The number of carbonyl (C=O) groups excluding carboxylic acids is 1. The van der Waals surface area contributed by atoms with Gasteiger partial charge in [-0.3, -0.25) is 4.79 Å². The Labute approximate surface area is 211 Å². The maximum atomic E-state index is 13.7. The Morgan fingerprint density at radius 1 is 1.29 bits per heavy atom. The SMILES string of the molecule is Cc1[nH]c2ccccc2c1CCC(=O)N1CCc2ncsc2C1c1cc(Cl)ccc1OCC(=O)O. The fourth-order valence-electron chi connectivity index (χ4n) is 4.80. The quantitative estimate of drug-likeness (QED) is 0.359. The zero-order chi connectivity index (χ0) is 24.5. The van der Waals surface area contributed by atoms with Gasteiger partial charge in [0.15, 0.2) is 6.61 Å². The van der Waals surface area contributed by atoms with Crippen LogP contribution in [0.15, 0.2) is 48.0 Å². The molecule has 0 radical (unpaired) electrons. The van der Waals surface area contributed by atoms with Gasteiger partial charge >= 0.3 is 5.97 Å². The number of ether oxygens (including phenoxy) is 1. The van der Waals surface area contributed by atoms with Gasteiger partial charge in [0.25, 0.3) is 0 Å². The first-order valence-corrected chi connectivity index (χ1v) is 12.6. The summed E-state index contributed by atoms with van der Waals surface area (Å²) in [5.74, 6) is -0.661. The first kappa shape index (κ1) is 23.4. The summed E-state index contributed by atoms with van der Waals surface area (Å²) in [6, 6.07) is 12.7. The molecule has 7 nitrogen and oxygen atoms in total. The molecule has 0 fully saturated rings. The van der Waals surface area contributed by atoms with Crippen LogP contribution in [0.25, 0.3) is 10.9 Å². The minimum atomic E-state index is -1.07. The van der Waals surface area contributed by atoms with Gasteiger partial charge in [-0.25, -0.2) is 9.78 Å². The van der Waals surface area contributed by atoms with E-state index in [-0.39, 0.29) is 5.91 Å². The van der Waals surface area contributed by atoms with E-state index in [0.29, 0.717) is 42.1 Å². The fraction of sp³-hybridized carbons (Fsp3) is 0.269. The Hall–Kier alpha value is -3.36. The van der Waals surface area contributed by atoms with E-state index in [1.165, 1.54) is 11.3 Å². The normalized spacial score (nSPS) is 15.3. The number of fused-ring (bicyclic) bond motifs is 2. The summed E-state index contributed by atoms with van der Waals surface area (Å²) in [7, 11) is 0. The summed E-state index contributed by atoms with van der Waals surface area (Å²) in [5.41, 5.74) is 6.67. The second-order valence-corrected chi connectivity index (χ2v) is 9.86. The maximum Gasteiger partial charge on any atom is 0.341 e. The van der Waals surface area contributed by atoms with Crippen molar-refractivity contribution >= 4 is 45.7 Å². The van der Waals surface area contributed by atoms with Crippen LogP contribution in [-0.4, -0.2) is 45.0 Å². The number of aromatic nitrogens is 2. The molecule has 2 N–H and O–H groups in total. The number of benzene rings is 2. The van der Waals surface area contributed by atoms with Gasteiger partial charge in [-0.05, 0) is 43.2 Å². The lowest BCUT2D eigenvalue weighted by Crippen LogP contribution is -2.40. The number of hydrogen-bond donors (Lipinski definition) is 2. The highest BCUT2D eigenvalue weighted by Gasteiger charge is 2.35. The number of aliphatic carboxylic acids is 1. The van der Waals surface area contributed by atoms with Crippen LogP contribution >= 0.6 is 22.9 Å². The molecule has 4 aromatic rings. The number of carboxylic acid groups (broad SMARTS) is 1. The average molecular weight is 510 g/mol. The average Bonchev–Trinajstić information content (AvgIpc) is 3.44. The van der Waals surface area contributed by atoms with Crippen molar-refractivity contribution in [3.05, 3.63) is 80.4 Å². The smallest absolute Gasteiger partial charge is 0.341 e. The molecule has 180 valence electrons. The summed E-state index contributed by atoms with van der Waals surface area (Å²) < 4.78 is 5.59. The molecule has 0 aliphatic carbocycles. The highest BCUT2D eigenvalue weighted by Crippen LogP contribution is 2.42. The van der Waals surface area contributed by atoms with E-state index < -0.39 is 18.6 Å². The number of aromatic amines is 1. The largest absolute Gasteiger partial charge is 0.482 e. The van der Waals surface area contributed by atoms with Gasteiger partial charge < -0.3 is 19.7 Å². The Bertz CT molecular complexity index is 1410. The van der Waals surface area contributed by atoms with Crippen LogP contribution in [0.3, 0.4) is 0 Å². The summed E-state index contributed by atoms with van der Waals surface area (Å²) >= 11 is 7.82. The molecule has 0 spiro atoms. The number of para-hydroxylation sites is 1. The summed E-state index contributed by atoms with van der Waals surface area (Å²) in [5, 5.41) is 10.8. The third kappa shape index (κ3) is 4.63. The standard InChI is InChI=1S/C26H24ClN3O4S/c1-15-17(18-4-2-3-5-20(18)29-15)7-9-23(31)30-11-10-21-26(35-14-28-21)25(30)19-12-16(27)6-8-22(19)34-13-24(32)33/h2-6,8,12,14,25,29H,7,9-11,13H2,1H3,(H,32,33). The number of nitrogens with zero attached hydrogens (tertiary/aromatic N) is 2. The molecule has 1 unspecified atom stereocenters. The molecule has 9 heteroatoms. The predicted molar refractivity (Wildman–Crippen MR) is 135 cm³/mol. The molecule has 0 bridgehead atoms. The molecule has 2 aromatic carbocycles. The van der Waals surface area contributed by atoms with E-state index >= 15 is 0 Å². The van der Waals surface area contributed by atoms with E-state index in [0.717, 1.165) is 32.7 Å². The van der Waals surface area contributed by atoms with Gasteiger partial charge in [0.2, 0.25) is 5.91 Å². The number of carbonyl (C=O) groups is 2. The lowest BCUT2D eigenvalue weighted by molar-refractivity contribution is -0.139. The van der Waals surface area contributed by atoms with Gasteiger partial charge in [-0.15, -0.1) is 11.3 Å². The number of halogens is 1. The van der Waals surface area contributed by atoms with E-state index in [1.807, 2.05) is 30.0 Å². The van der Waals surface area contributed by atoms with Crippen LogP contribution in [0.1, 0.15) is 39.9 Å². The molecule has 1 atom stereocenters. The van der Waals surface area contributed by atoms with Crippen LogP contribution in [0.4, 0.5) is 0 Å². The highest BCUT2D eigenvalue weighted by molar-refractivity contribution is 7.09. The fourth-order valence-corrected chi connectivity index (χ4v) is 5.95. The van der Waals surface area contributed by atoms with Crippen molar-refractivity contribution in [2.45, 2.75) is 32.2 Å². The zero-order valence-electron chi connectivity index (χ0n) is 19.1. The number of amides is 1. The van der Waals surface area contributed by atoms with Crippen LogP contribution in [0.2, 0.25) is 5.02 Å².